The van der Waals surface area contributed by atoms with Gasteiger partial charge in [-0.2, -0.15) is 0 Å². The summed E-state index contributed by atoms with van der Waals surface area (Å²) in [6, 6.07) is 2.32. The lowest BCUT2D eigenvalue weighted by Gasteiger charge is -2.34. The van der Waals surface area contributed by atoms with Crippen LogP contribution in [0.25, 0.3) is 0 Å². The van der Waals surface area contributed by atoms with E-state index in [0.717, 1.165) is 12.1 Å². The van der Waals surface area contributed by atoms with Crippen LogP contribution in [0.15, 0.2) is 0 Å². The summed E-state index contributed by atoms with van der Waals surface area (Å²) in [5.41, 5.74) is 0. The lowest BCUT2D eigenvalue weighted by atomic mass is 10.1. The van der Waals surface area contributed by atoms with Crippen LogP contribution in [-0.2, 0) is 0 Å². The molecule has 2 saturated heterocycles. The lowest BCUT2D eigenvalue weighted by molar-refractivity contribution is 0.138. The van der Waals surface area contributed by atoms with Crippen LogP contribution in [0.1, 0.15) is 40.0 Å². The third kappa shape index (κ3) is 3.21. The second kappa shape index (κ2) is 6.17. The Morgan fingerprint density at radius 2 is 2.12 bits per heavy atom. The van der Waals surface area contributed by atoms with Gasteiger partial charge in [0.15, 0.2) is 0 Å². The second-order valence-corrected chi connectivity index (χ2v) is 5.92. The van der Waals surface area contributed by atoms with Gasteiger partial charge in [-0.15, -0.1) is 0 Å². The number of hydrogen-bond acceptors (Lipinski definition) is 3. The van der Waals surface area contributed by atoms with Crippen LogP contribution in [0, 0.1) is 0 Å². The van der Waals surface area contributed by atoms with Crippen LogP contribution in [-0.4, -0.2) is 60.6 Å². The molecule has 0 amide bonds. The zero-order chi connectivity index (χ0) is 12.3. The summed E-state index contributed by atoms with van der Waals surface area (Å²) in [7, 11) is 0. The molecule has 0 spiro atoms. The number of likely N-dealkylation sites (tertiary alicyclic amines) is 1. The molecule has 2 fully saturated rings. The van der Waals surface area contributed by atoms with E-state index >= 15 is 0 Å². The van der Waals surface area contributed by atoms with E-state index in [0.29, 0.717) is 6.04 Å². The summed E-state index contributed by atoms with van der Waals surface area (Å²) in [5.74, 6) is 0. The van der Waals surface area contributed by atoms with Gasteiger partial charge in [0.2, 0.25) is 0 Å². The Kier molecular flexibility index (Phi) is 4.83. The Labute approximate surface area is 107 Å². The van der Waals surface area contributed by atoms with E-state index in [-0.39, 0.29) is 0 Å². The van der Waals surface area contributed by atoms with E-state index in [1.807, 2.05) is 0 Å². The van der Waals surface area contributed by atoms with Crippen LogP contribution >= 0.6 is 0 Å². The first-order valence-electron chi connectivity index (χ1n) is 7.43. The lowest BCUT2D eigenvalue weighted by Crippen LogP contribution is -2.46. The first kappa shape index (κ1) is 13.3. The highest BCUT2D eigenvalue weighted by Crippen LogP contribution is 2.22. The van der Waals surface area contributed by atoms with Crippen molar-refractivity contribution in [3.63, 3.8) is 0 Å². The molecule has 0 aliphatic carbocycles. The Morgan fingerprint density at radius 1 is 1.29 bits per heavy atom. The molecular weight excluding hydrogens is 210 g/mol. The molecule has 3 heteroatoms. The standard InChI is InChI=1S/C14H29N3/c1-4-8-17(13-5-7-15-10-13)14-6-9-16(11-14)12(2)3/h12-15H,4-11H2,1-3H3. The summed E-state index contributed by atoms with van der Waals surface area (Å²) in [5, 5.41) is 3.51. The highest BCUT2D eigenvalue weighted by atomic mass is 15.3. The third-order valence-corrected chi connectivity index (χ3v) is 4.38. The molecule has 2 rings (SSSR count). The molecule has 2 heterocycles. The first-order valence-corrected chi connectivity index (χ1v) is 7.43. The molecule has 0 aromatic rings. The minimum absolute atomic E-state index is 0.713. The van der Waals surface area contributed by atoms with Gasteiger partial charge in [-0.25, -0.2) is 0 Å². The van der Waals surface area contributed by atoms with Gasteiger partial charge in [-0.1, -0.05) is 6.92 Å². The number of rotatable bonds is 5. The normalized spacial score (nSPS) is 30.9. The monoisotopic (exact) mass is 239 g/mol. The molecule has 100 valence electrons. The van der Waals surface area contributed by atoms with Gasteiger partial charge >= 0.3 is 0 Å². The van der Waals surface area contributed by atoms with Crippen molar-refractivity contribution in [1.82, 2.24) is 15.1 Å². The second-order valence-electron chi connectivity index (χ2n) is 5.92. The molecule has 2 unspecified atom stereocenters. The fourth-order valence-corrected chi connectivity index (χ4v) is 3.35. The Morgan fingerprint density at radius 3 is 2.65 bits per heavy atom. The Hall–Kier alpha value is -0.120. The summed E-state index contributed by atoms with van der Waals surface area (Å²) in [4.78, 5) is 5.43. The molecule has 2 aliphatic heterocycles. The molecule has 0 radical (unpaired) electrons. The summed E-state index contributed by atoms with van der Waals surface area (Å²) in [6.45, 7) is 13.2. The number of nitrogens with zero attached hydrogens (tertiary/aromatic N) is 2. The van der Waals surface area contributed by atoms with E-state index in [1.165, 1.54) is 52.0 Å². The summed E-state index contributed by atoms with van der Waals surface area (Å²) in [6.07, 6.45) is 4.00. The van der Waals surface area contributed by atoms with Crippen LogP contribution in [0.5, 0.6) is 0 Å². The molecular formula is C14H29N3. The van der Waals surface area contributed by atoms with Crippen molar-refractivity contribution >= 4 is 0 Å². The van der Waals surface area contributed by atoms with Gasteiger partial charge in [0.05, 0.1) is 0 Å². The van der Waals surface area contributed by atoms with Crippen molar-refractivity contribution in [3.05, 3.63) is 0 Å². The highest BCUT2D eigenvalue weighted by Gasteiger charge is 2.33. The Bertz CT molecular complexity index is 224. The quantitative estimate of drug-likeness (QED) is 0.785. The van der Waals surface area contributed by atoms with Crippen LogP contribution in [0.3, 0.4) is 0 Å². The molecule has 2 aliphatic rings. The van der Waals surface area contributed by atoms with Gasteiger partial charge in [-0.3, -0.25) is 9.80 Å². The first-order chi connectivity index (χ1) is 8.22. The molecule has 2 atom stereocenters. The van der Waals surface area contributed by atoms with Crippen molar-refractivity contribution in [2.45, 2.75) is 58.2 Å². The smallest absolute Gasteiger partial charge is 0.0238 e. The largest absolute Gasteiger partial charge is 0.315 e. The fraction of sp³-hybridized carbons (Fsp3) is 1.00. The molecule has 0 aromatic carbocycles. The minimum Gasteiger partial charge on any atom is -0.315 e. The van der Waals surface area contributed by atoms with Crippen LogP contribution in [0.2, 0.25) is 0 Å². The van der Waals surface area contributed by atoms with Crippen LogP contribution in [0.4, 0.5) is 0 Å². The number of hydrogen-bond donors (Lipinski definition) is 1. The zero-order valence-corrected chi connectivity index (χ0v) is 11.8. The fourth-order valence-electron chi connectivity index (χ4n) is 3.35. The van der Waals surface area contributed by atoms with Crippen LogP contribution < -0.4 is 5.32 Å². The zero-order valence-electron chi connectivity index (χ0n) is 11.8. The summed E-state index contributed by atoms with van der Waals surface area (Å²) >= 11 is 0. The minimum atomic E-state index is 0.713. The summed E-state index contributed by atoms with van der Waals surface area (Å²) < 4.78 is 0. The molecule has 17 heavy (non-hydrogen) atoms. The SMILES string of the molecule is CCCN(C1CCNC1)C1CCN(C(C)C)C1. The van der Waals surface area contributed by atoms with E-state index in [1.54, 1.807) is 0 Å². The maximum Gasteiger partial charge on any atom is 0.0238 e. The molecule has 0 bridgehead atoms. The van der Waals surface area contributed by atoms with E-state index < -0.39 is 0 Å². The van der Waals surface area contributed by atoms with Gasteiger partial charge in [-0.05, 0) is 46.2 Å². The highest BCUT2D eigenvalue weighted by molar-refractivity contribution is 4.90. The van der Waals surface area contributed by atoms with Crippen molar-refractivity contribution in [2.75, 3.05) is 32.7 Å². The topological polar surface area (TPSA) is 18.5 Å². The molecule has 1 N–H and O–H groups in total. The van der Waals surface area contributed by atoms with E-state index in [4.69, 9.17) is 0 Å². The van der Waals surface area contributed by atoms with Gasteiger partial charge in [0.1, 0.15) is 0 Å². The average molecular weight is 239 g/mol. The third-order valence-electron chi connectivity index (χ3n) is 4.38. The van der Waals surface area contributed by atoms with Gasteiger partial charge in [0, 0.05) is 37.8 Å². The van der Waals surface area contributed by atoms with Crippen molar-refractivity contribution in [2.24, 2.45) is 0 Å². The molecule has 3 nitrogen and oxygen atoms in total. The van der Waals surface area contributed by atoms with Crippen molar-refractivity contribution in [3.8, 4) is 0 Å². The Balaban J connectivity index is 1.92. The van der Waals surface area contributed by atoms with E-state index in [9.17, 15) is 0 Å². The van der Waals surface area contributed by atoms with Gasteiger partial charge in [0.25, 0.3) is 0 Å². The van der Waals surface area contributed by atoms with Gasteiger partial charge < -0.3 is 5.32 Å². The number of nitrogens with one attached hydrogen (secondary N) is 1. The maximum absolute atomic E-state index is 3.51. The average Bonchev–Trinajstić information content (AvgIpc) is 2.97. The predicted octanol–water partition coefficient (Wildman–Crippen LogP) is 1.54. The van der Waals surface area contributed by atoms with Crippen molar-refractivity contribution < 1.29 is 0 Å². The maximum atomic E-state index is 3.51. The predicted molar refractivity (Wildman–Crippen MR) is 73.4 cm³/mol. The molecule has 0 saturated carbocycles. The van der Waals surface area contributed by atoms with Crippen molar-refractivity contribution in [1.29, 1.82) is 0 Å². The van der Waals surface area contributed by atoms with E-state index in [2.05, 4.69) is 35.9 Å². The molecule has 0 aromatic heterocycles.